The molecular formula is C16H20O3. The lowest BCUT2D eigenvalue weighted by atomic mass is 10.0. The van der Waals surface area contributed by atoms with Crippen molar-refractivity contribution in [3.05, 3.63) is 53.0 Å². The minimum atomic E-state index is -0.0817. The first kappa shape index (κ1) is 13.7. The smallest absolute Gasteiger partial charge is 0.146 e. The van der Waals surface area contributed by atoms with Crippen LogP contribution in [0.3, 0.4) is 0 Å². The zero-order valence-corrected chi connectivity index (χ0v) is 11.6. The van der Waals surface area contributed by atoms with Crippen LogP contribution in [0.2, 0.25) is 0 Å². The molecule has 0 spiro atoms. The van der Waals surface area contributed by atoms with E-state index in [1.54, 1.807) is 6.07 Å². The van der Waals surface area contributed by atoms with E-state index in [4.69, 9.17) is 14.3 Å². The lowest BCUT2D eigenvalue weighted by molar-refractivity contribution is 0.224. The zero-order chi connectivity index (χ0) is 13.8. The van der Waals surface area contributed by atoms with Crippen LogP contribution in [0.1, 0.15) is 42.4 Å². The number of aryl methyl sites for hydroxylation is 1. The first-order chi connectivity index (χ1) is 9.10. The average Bonchev–Trinajstić information content (AvgIpc) is 2.84. The van der Waals surface area contributed by atoms with Crippen molar-refractivity contribution in [3.63, 3.8) is 0 Å². The van der Waals surface area contributed by atoms with Gasteiger partial charge in [-0.2, -0.15) is 0 Å². The van der Waals surface area contributed by atoms with Crippen LogP contribution < -0.4 is 4.74 Å². The molecule has 2 rings (SSSR count). The summed E-state index contributed by atoms with van der Waals surface area (Å²) in [7, 11) is 0. The SMILES string of the molecule is Cc1ccc(C(C)C)c(OCc2ccc(CO)o2)c1. The van der Waals surface area contributed by atoms with Crippen LogP contribution in [0.25, 0.3) is 0 Å². The minimum absolute atomic E-state index is 0.0817. The predicted molar refractivity (Wildman–Crippen MR) is 74.2 cm³/mol. The summed E-state index contributed by atoms with van der Waals surface area (Å²) in [5.41, 5.74) is 2.37. The van der Waals surface area contributed by atoms with Crippen LogP contribution >= 0.6 is 0 Å². The van der Waals surface area contributed by atoms with Gasteiger partial charge in [0.05, 0.1) is 0 Å². The summed E-state index contributed by atoms with van der Waals surface area (Å²) in [6.45, 7) is 6.64. The van der Waals surface area contributed by atoms with E-state index in [0.29, 0.717) is 18.3 Å². The van der Waals surface area contributed by atoms with Gasteiger partial charge in [0.25, 0.3) is 0 Å². The Morgan fingerprint density at radius 1 is 1.16 bits per heavy atom. The van der Waals surface area contributed by atoms with Crippen LogP contribution in [0.4, 0.5) is 0 Å². The van der Waals surface area contributed by atoms with Crippen LogP contribution in [0, 0.1) is 6.92 Å². The topological polar surface area (TPSA) is 42.6 Å². The molecule has 0 saturated carbocycles. The van der Waals surface area contributed by atoms with Gasteiger partial charge >= 0.3 is 0 Å². The second-order valence-electron chi connectivity index (χ2n) is 5.01. The molecular weight excluding hydrogens is 240 g/mol. The fourth-order valence-electron chi connectivity index (χ4n) is 1.98. The number of hydrogen-bond acceptors (Lipinski definition) is 3. The second-order valence-corrected chi connectivity index (χ2v) is 5.01. The van der Waals surface area contributed by atoms with E-state index >= 15 is 0 Å². The molecule has 0 aliphatic carbocycles. The second kappa shape index (κ2) is 5.93. The average molecular weight is 260 g/mol. The highest BCUT2D eigenvalue weighted by atomic mass is 16.5. The Bertz CT molecular complexity index is 541. The number of rotatable bonds is 5. The molecule has 0 unspecified atom stereocenters. The lowest BCUT2D eigenvalue weighted by Crippen LogP contribution is -1.99. The monoisotopic (exact) mass is 260 g/mol. The van der Waals surface area contributed by atoms with Crippen LogP contribution in [-0.2, 0) is 13.2 Å². The van der Waals surface area contributed by atoms with E-state index in [2.05, 4.69) is 26.0 Å². The molecule has 0 aliphatic heterocycles. The van der Waals surface area contributed by atoms with Gasteiger partial charge in [-0.1, -0.05) is 26.0 Å². The van der Waals surface area contributed by atoms with Gasteiger partial charge in [0.15, 0.2) is 0 Å². The van der Waals surface area contributed by atoms with E-state index in [-0.39, 0.29) is 6.61 Å². The maximum Gasteiger partial charge on any atom is 0.146 e. The Morgan fingerprint density at radius 3 is 2.53 bits per heavy atom. The molecule has 1 aromatic carbocycles. The molecule has 1 aromatic heterocycles. The standard InChI is InChI=1S/C16H20O3/c1-11(2)15-7-4-12(3)8-16(15)18-10-14-6-5-13(9-17)19-14/h4-8,11,17H,9-10H2,1-3H3. The van der Waals surface area contributed by atoms with Crippen molar-refractivity contribution >= 4 is 0 Å². The van der Waals surface area contributed by atoms with E-state index in [9.17, 15) is 0 Å². The van der Waals surface area contributed by atoms with E-state index < -0.39 is 0 Å². The van der Waals surface area contributed by atoms with E-state index in [0.717, 1.165) is 11.5 Å². The molecule has 0 amide bonds. The minimum Gasteiger partial charge on any atom is -0.485 e. The van der Waals surface area contributed by atoms with Crippen molar-refractivity contribution in [2.45, 2.75) is 39.9 Å². The molecule has 0 bridgehead atoms. The van der Waals surface area contributed by atoms with Gasteiger partial charge in [-0.25, -0.2) is 0 Å². The third kappa shape index (κ3) is 3.38. The van der Waals surface area contributed by atoms with Crippen molar-refractivity contribution in [2.75, 3.05) is 0 Å². The van der Waals surface area contributed by atoms with Crippen LogP contribution in [-0.4, -0.2) is 5.11 Å². The molecule has 102 valence electrons. The Labute approximate surface area is 113 Å². The molecule has 1 heterocycles. The van der Waals surface area contributed by atoms with Gasteiger partial charge < -0.3 is 14.3 Å². The molecule has 0 atom stereocenters. The normalized spacial score (nSPS) is 11.0. The summed E-state index contributed by atoms with van der Waals surface area (Å²) in [6, 6.07) is 9.84. The molecule has 19 heavy (non-hydrogen) atoms. The van der Waals surface area contributed by atoms with Gasteiger partial charge in [0.2, 0.25) is 0 Å². The van der Waals surface area contributed by atoms with Crippen molar-refractivity contribution in [3.8, 4) is 5.75 Å². The predicted octanol–water partition coefficient (Wildman–Crippen LogP) is 3.78. The number of aliphatic hydroxyl groups excluding tert-OH is 1. The summed E-state index contributed by atoms with van der Waals surface area (Å²) in [5, 5.41) is 8.95. The maximum absolute atomic E-state index is 8.95. The van der Waals surface area contributed by atoms with Gasteiger partial charge in [0, 0.05) is 0 Å². The molecule has 3 nitrogen and oxygen atoms in total. The van der Waals surface area contributed by atoms with Gasteiger partial charge in [-0.3, -0.25) is 0 Å². The van der Waals surface area contributed by atoms with Crippen LogP contribution in [0.5, 0.6) is 5.75 Å². The molecule has 0 saturated heterocycles. The number of benzene rings is 1. The Hall–Kier alpha value is -1.74. The molecule has 0 fully saturated rings. The zero-order valence-electron chi connectivity index (χ0n) is 11.6. The third-order valence-electron chi connectivity index (χ3n) is 3.03. The number of hydrogen-bond donors (Lipinski definition) is 1. The van der Waals surface area contributed by atoms with Crippen LogP contribution in [0.15, 0.2) is 34.7 Å². The van der Waals surface area contributed by atoms with Gasteiger partial charge in [-0.15, -0.1) is 0 Å². The summed E-state index contributed by atoms with van der Waals surface area (Å²) in [4.78, 5) is 0. The highest BCUT2D eigenvalue weighted by Crippen LogP contribution is 2.28. The van der Waals surface area contributed by atoms with Gasteiger partial charge in [-0.05, 0) is 42.2 Å². The number of furan rings is 1. The quantitative estimate of drug-likeness (QED) is 0.889. The molecule has 0 radical (unpaired) electrons. The summed E-state index contributed by atoms with van der Waals surface area (Å²) in [5.74, 6) is 2.60. The summed E-state index contributed by atoms with van der Waals surface area (Å²) < 4.78 is 11.3. The number of aliphatic hydroxyl groups is 1. The fourth-order valence-corrected chi connectivity index (χ4v) is 1.98. The largest absolute Gasteiger partial charge is 0.485 e. The highest BCUT2D eigenvalue weighted by Gasteiger charge is 2.09. The van der Waals surface area contributed by atoms with E-state index in [1.165, 1.54) is 11.1 Å². The van der Waals surface area contributed by atoms with Crippen molar-refractivity contribution in [1.29, 1.82) is 0 Å². The van der Waals surface area contributed by atoms with Crippen molar-refractivity contribution in [2.24, 2.45) is 0 Å². The molecule has 0 aliphatic rings. The Kier molecular flexibility index (Phi) is 4.27. The first-order valence-corrected chi connectivity index (χ1v) is 6.52. The Morgan fingerprint density at radius 2 is 1.89 bits per heavy atom. The molecule has 2 aromatic rings. The summed E-state index contributed by atoms with van der Waals surface area (Å²) >= 11 is 0. The molecule has 1 N–H and O–H groups in total. The summed E-state index contributed by atoms with van der Waals surface area (Å²) in [6.07, 6.45) is 0. The number of ether oxygens (including phenoxy) is 1. The first-order valence-electron chi connectivity index (χ1n) is 6.52. The van der Waals surface area contributed by atoms with Crippen molar-refractivity contribution < 1.29 is 14.3 Å². The maximum atomic E-state index is 8.95. The Balaban J connectivity index is 2.12. The third-order valence-corrected chi connectivity index (χ3v) is 3.03. The van der Waals surface area contributed by atoms with Crippen molar-refractivity contribution in [1.82, 2.24) is 0 Å². The fraction of sp³-hybridized carbons (Fsp3) is 0.375. The highest BCUT2D eigenvalue weighted by molar-refractivity contribution is 5.39. The van der Waals surface area contributed by atoms with E-state index in [1.807, 2.05) is 19.1 Å². The molecule has 3 heteroatoms. The lowest BCUT2D eigenvalue weighted by Gasteiger charge is -2.14. The van der Waals surface area contributed by atoms with Gasteiger partial charge in [0.1, 0.15) is 30.5 Å².